The maximum Gasteiger partial charge on any atom is 0.306 e. The second-order valence-electron chi connectivity index (χ2n) is 17.3. The van der Waals surface area contributed by atoms with Crippen molar-refractivity contribution in [1.29, 1.82) is 0 Å². The van der Waals surface area contributed by atoms with E-state index in [0.717, 1.165) is 19.3 Å². The highest BCUT2D eigenvalue weighted by molar-refractivity contribution is 5.69. The quantitative estimate of drug-likeness (QED) is 0.0275. The average Bonchev–Trinajstić information content (AvgIpc) is 3.24. The third-order valence-corrected chi connectivity index (χ3v) is 11.8. The molecule has 0 amide bonds. The largest absolute Gasteiger partial charge is 0.457 e. The number of carbonyl (C=O) groups is 1. The third-order valence-electron chi connectivity index (χ3n) is 11.8. The van der Waals surface area contributed by atoms with Crippen molar-refractivity contribution >= 4 is 5.97 Å². The zero-order valence-corrected chi connectivity index (χ0v) is 37.5. The summed E-state index contributed by atoms with van der Waals surface area (Å²) in [6.07, 6.45) is 18.1. The Labute approximate surface area is 362 Å². The molecule has 0 aromatic heterocycles. The van der Waals surface area contributed by atoms with Crippen molar-refractivity contribution in [3.63, 3.8) is 0 Å². The van der Waals surface area contributed by atoms with Gasteiger partial charge in [-0.05, 0) is 12.8 Å². The van der Waals surface area contributed by atoms with Crippen LogP contribution < -0.4 is 0 Å². The van der Waals surface area contributed by atoms with Crippen LogP contribution in [0.2, 0.25) is 0 Å². The van der Waals surface area contributed by atoms with Gasteiger partial charge in [-0.3, -0.25) is 4.79 Å². The molecular weight excluding hydrogens is 776 g/mol. The van der Waals surface area contributed by atoms with Crippen LogP contribution in [0.3, 0.4) is 0 Å². The fraction of sp³-hybridized carbons (Fsp3) is 0.978. The van der Waals surface area contributed by atoms with E-state index < -0.39 is 86.7 Å². The number of esters is 1. The molecule has 0 radical (unpaired) electrons. The molecule has 356 valence electrons. The zero-order valence-electron chi connectivity index (χ0n) is 37.5. The maximum absolute atomic E-state index is 12.3. The first-order valence-electron chi connectivity index (χ1n) is 24.1. The minimum absolute atomic E-state index is 0.0620. The second kappa shape index (κ2) is 35.4. The molecule has 0 bridgehead atoms. The molecule has 2 rings (SSSR count). The molecule has 0 aromatic rings. The summed E-state index contributed by atoms with van der Waals surface area (Å²) in [7, 11) is 0. The predicted molar refractivity (Wildman–Crippen MR) is 229 cm³/mol. The Morgan fingerprint density at radius 2 is 0.883 bits per heavy atom. The topological polar surface area (TPSA) is 214 Å². The normalized spacial score (nSPS) is 27.6. The van der Waals surface area contributed by atoms with Gasteiger partial charge in [-0.2, -0.15) is 0 Å². The number of ether oxygens (including phenoxy) is 6. The van der Waals surface area contributed by atoms with Gasteiger partial charge < -0.3 is 64.2 Å². The maximum atomic E-state index is 12.3. The Morgan fingerprint density at radius 3 is 1.32 bits per heavy atom. The van der Waals surface area contributed by atoms with Gasteiger partial charge in [0.15, 0.2) is 12.6 Å². The highest BCUT2D eigenvalue weighted by Gasteiger charge is 2.47. The van der Waals surface area contributed by atoms with E-state index >= 15 is 0 Å². The standard InChI is InChI=1S/C46H88O14/c1-3-5-6-7-8-9-10-11-12-13-14-15-16-17-18-19-20-21-22-23-24-25-26-27-28-30-55-32-35(58-38(48)29-4-2)33-56-45-44(54)42(52)40(50)37(60-45)34-57-46-43(53)41(51)39(49)36(31-47)59-46/h35-37,39-47,49-54H,3-34H2,1-2H3. The molecule has 7 N–H and O–H groups in total. The van der Waals surface area contributed by atoms with E-state index in [9.17, 15) is 40.5 Å². The molecule has 60 heavy (non-hydrogen) atoms. The van der Waals surface area contributed by atoms with Crippen molar-refractivity contribution in [2.45, 2.75) is 255 Å². The number of hydrogen-bond acceptors (Lipinski definition) is 14. The van der Waals surface area contributed by atoms with E-state index in [1.807, 2.05) is 6.92 Å². The molecule has 0 aromatic carbocycles. The molecule has 2 saturated heterocycles. The van der Waals surface area contributed by atoms with Gasteiger partial charge in [0.2, 0.25) is 0 Å². The van der Waals surface area contributed by atoms with E-state index in [1.54, 1.807) is 0 Å². The molecule has 2 aliphatic rings. The van der Waals surface area contributed by atoms with Gasteiger partial charge in [0, 0.05) is 13.0 Å². The molecule has 0 spiro atoms. The van der Waals surface area contributed by atoms with Crippen molar-refractivity contribution in [1.82, 2.24) is 0 Å². The molecule has 0 saturated carbocycles. The lowest BCUT2D eigenvalue weighted by Crippen LogP contribution is -2.61. The lowest BCUT2D eigenvalue weighted by Gasteiger charge is -2.42. The Bertz CT molecular complexity index is 1010. The smallest absolute Gasteiger partial charge is 0.306 e. The van der Waals surface area contributed by atoms with E-state index in [1.165, 1.54) is 141 Å². The van der Waals surface area contributed by atoms with E-state index in [-0.39, 0.29) is 19.6 Å². The number of aliphatic hydroxyl groups excluding tert-OH is 7. The molecule has 0 aliphatic carbocycles. The highest BCUT2D eigenvalue weighted by Crippen LogP contribution is 2.26. The van der Waals surface area contributed by atoms with Gasteiger partial charge in [-0.25, -0.2) is 0 Å². The van der Waals surface area contributed by atoms with E-state index in [4.69, 9.17) is 28.4 Å². The highest BCUT2D eigenvalue weighted by atomic mass is 16.7. The van der Waals surface area contributed by atoms with Crippen molar-refractivity contribution in [2.24, 2.45) is 0 Å². The summed E-state index contributed by atoms with van der Waals surface area (Å²) >= 11 is 0. The van der Waals surface area contributed by atoms with Gasteiger partial charge in [-0.1, -0.05) is 168 Å². The van der Waals surface area contributed by atoms with Gasteiger partial charge in [0.25, 0.3) is 0 Å². The Morgan fingerprint density at radius 1 is 0.483 bits per heavy atom. The molecule has 2 heterocycles. The Balaban J connectivity index is 1.52. The minimum Gasteiger partial charge on any atom is -0.457 e. The van der Waals surface area contributed by atoms with E-state index in [0.29, 0.717) is 13.0 Å². The predicted octanol–water partition coefficient (Wildman–Crippen LogP) is 6.13. The Kier molecular flexibility index (Phi) is 32.5. The van der Waals surface area contributed by atoms with Crippen molar-refractivity contribution < 1.29 is 69.0 Å². The molecule has 11 unspecified atom stereocenters. The number of aliphatic hydroxyl groups is 7. The second-order valence-corrected chi connectivity index (χ2v) is 17.3. The SMILES string of the molecule is CCCCCCCCCCCCCCCCCCCCCCCCCCCOCC(COC1OC(COC2OC(CO)C(O)C(O)C2O)C(O)C(O)C1O)OC(=O)CCC. The van der Waals surface area contributed by atoms with Crippen LogP contribution in [0.15, 0.2) is 0 Å². The number of unbranched alkanes of at least 4 members (excludes halogenated alkanes) is 24. The lowest BCUT2D eigenvalue weighted by atomic mass is 9.98. The van der Waals surface area contributed by atoms with Gasteiger partial charge in [0.05, 0.1) is 26.4 Å². The minimum atomic E-state index is -1.70. The van der Waals surface area contributed by atoms with Crippen molar-refractivity contribution in [3.8, 4) is 0 Å². The van der Waals surface area contributed by atoms with Crippen molar-refractivity contribution in [2.75, 3.05) is 33.0 Å². The van der Waals surface area contributed by atoms with Crippen LogP contribution in [0.4, 0.5) is 0 Å². The summed E-state index contributed by atoms with van der Waals surface area (Å²) in [6, 6.07) is 0. The van der Waals surface area contributed by atoms with Crippen LogP contribution in [0.25, 0.3) is 0 Å². The zero-order chi connectivity index (χ0) is 43.8. The fourth-order valence-corrected chi connectivity index (χ4v) is 7.91. The summed E-state index contributed by atoms with van der Waals surface area (Å²) in [5.74, 6) is -0.425. The van der Waals surface area contributed by atoms with Gasteiger partial charge in [-0.15, -0.1) is 0 Å². The number of rotatable bonds is 38. The third kappa shape index (κ3) is 23.6. The first kappa shape index (κ1) is 55.1. The van der Waals surface area contributed by atoms with Crippen LogP contribution in [-0.4, -0.2) is 142 Å². The fourth-order valence-electron chi connectivity index (χ4n) is 7.91. The molecule has 14 heteroatoms. The monoisotopic (exact) mass is 865 g/mol. The number of carbonyl (C=O) groups excluding carboxylic acids is 1. The van der Waals surface area contributed by atoms with E-state index in [2.05, 4.69) is 6.92 Å². The average molecular weight is 865 g/mol. The molecule has 14 nitrogen and oxygen atoms in total. The van der Waals surface area contributed by atoms with Crippen LogP contribution in [0.1, 0.15) is 187 Å². The first-order valence-corrected chi connectivity index (χ1v) is 24.1. The molecule has 2 fully saturated rings. The molecular formula is C46H88O14. The summed E-state index contributed by atoms with van der Waals surface area (Å²) in [4.78, 5) is 12.3. The van der Waals surface area contributed by atoms with Crippen molar-refractivity contribution in [3.05, 3.63) is 0 Å². The van der Waals surface area contributed by atoms with Crippen LogP contribution >= 0.6 is 0 Å². The first-order chi connectivity index (χ1) is 29.1. The van der Waals surface area contributed by atoms with Crippen LogP contribution in [0, 0.1) is 0 Å². The van der Waals surface area contributed by atoms with Gasteiger partial charge >= 0.3 is 5.97 Å². The van der Waals surface area contributed by atoms with Gasteiger partial charge in [0.1, 0.15) is 54.9 Å². The van der Waals surface area contributed by atoms with Crippen LogP contribution in [0.5, 0.6) is 0 Å². The summed E-state index contributed by atoms with van der Waals surface area (Å²) in [6.45, 7) is 3.34. The summed E-state index contributed by atoms with van der Waals surface area (Å²) in [5, 5.41) is 71.3. The summed E-state index contributed by atoms with van der Waals surface area (Å²) < 4.78 is 33.6. The van der Waals surface area contributed by atoms with Crippen LogP contribution in [-0.2, 0) is 33.2 Å². The Hall–Kier alpha value is -1.01. The molecule has 11 atom stereocenters. The number of hydrogen-bond donors (Lipinski definition) is 7. The molecule has 2 aliphatic heterocycles. The summed E-state index contributed by atoms with van der Waals surface area (Å²) in [5.41, 5.74) is 0. The lowest BCUT2D eigenvalue weighted by molar-refractivity contribution is -0.332.